The van der Waals surface area contributed by atoms with Crippen molar-refractivity contribution in [3.63, 3.8) is 0 Å². The first kappa shape index (κ1) is 19.0. The summed E-state index contributed by atoms with van der Waals surface area (Å²) >= 11 is 6.30. The average Bonchev–Trinajstić information content (AvgIpc) is 3.22. The van der Waals surface area contributed by atoms with Gasteiger partial charge in [-0.1, -0.05) is 66.7 Å². The Bertz CT molecular complexity index is 1530. The highest BCUT2D eigenvalue weighted by Crippen LogP contribution is 2.33. The van der Waals surface area contributed by atoms with Crippen LogP contribution in [0.1, 0.15) is 24.2 Å². The molecule has 0 atom stereocenters. The highest BCUT2D eigenvalue weighted by atomic mass is 35.5. The summed E-state index contributed by atoms with van der Waals surface area (Å²) in [7, 11) is 0. The quantitative estimate of drug-likeness (QED) is 0.297. The molecule has 1 aliphatic rings. The number of rotatable bonds is 3. The Balaban J connectivity index is 1.38. The van der Waals surface area contributed by atoms with E-state index in [1.165, 1.54) is 11.1 Å². The normalized spacial score (nSPS) is 13.9. The number of para-hydroxylation sites is 1. The highest BCUT2D eigenvalue weighted by molar-refractivity contribution is 6.28. The van der Waals surface area contributed by atoms with Crippen molar-refractivity contribution in [3.05, 3.63) is 102 Å². The van der Waals surface area contributed by atoms with Crippen LogP contribution in [0.3, 0.4) is 0 Å². The number of hydrogen-bond donors (Lipinski definition) is 0. The van der Waals surface area contributed by atoms with Gasteiger partial charge in [0, 0.05) is 16.3 Å². The minimum atomic E-state index is 0.188. The second-order valence-corrected chi connectivity index (χ2v) is 8.15. The fraction of sp³-hybridized carbons (Fsp3) is 0.0741. The lowest BCUT2D eigenvalue weighted by molar-refractivity contribution is 0.669. The Morgan fingerprint density at radius 2 is 1.34 bits per heavy atom. The molecule has 154 valence electrons. The molecule has 0 unspecified atom stereocenters. The van der Waals surface area contributed by atoms with E-state index in [0.717, 1.165) is 45.9 Å². The number of hydrogen-bond acceptors (Lipinski definition) is 4. The molecule has 0 saturated heterocycles. The molecule has 0 spiro atoms. The van der Waals surface area contributed by atoms with Gasteiger partial charge in [0.1, 0.15) is 11.2 Å². The Hall–Kier alpha value is -3.76. The maximum Gasteiger partial charge on any atom is 0.226 e. The van der Waals surface area contributed by atoms with E-state index in [1.807, 2.05) is 42.5 Å². The van der Waals surface area contributed by atoms with Gasteiger partial charge in [-0.05, 0) is 59.4 Å². The molecular formula is C27H18ClN3O. The summed E-state index contributed by atoms with van der Waals surface area (Å²) in [5, 5.41) is 2.35. The molecule has 3 aromatic carbocycles. The van der Waals surface area contributed by atoms with Crippen molar-refractivity contribution in [3.8, 4) is 11.4 Å². The first-order valence-electron chi connectivity index (χ1n) is 10.5. The van der Waals surface area contributed by atoms with Crippen LogP contribution in [0.5, 0.6) is 0 Å². The van der Waals surface area contributed by atoms with E-state index in [2.05, 4.69) is 52.5 Å². The Kier molecular flexibility index (Phi) is 4.58. The zero-order valence-corrected chi connectivity index (χ0v) is 17.9. The first-order chi connectivity index (χ1) is 15.7. The Morgan fingerprint density at radius 3 is 2.19 bits per heavy atom. The fourth-order valence-electron chi connectivity index (χ4n) is 4.20. The minimum Gasteiger partial charge on any atom is -0.456 e. The number of halogens is 1. The number of nitrogens with zero attached hydrogens (tertiary/aromatic N) is 3. The SMILES string of the molecule is Clc1nc(C2=CC=C(c3ccccc3)CC2)nc(-c2ccc3c(c2)oc2ccccc23)n1. The lowest BCUT2D eigenvalue weighted by Crippen LogP contribution is -2.02. The highest BCUT2D eigenvalue weighted by Gasteiger charge is 2.16. The molecule has 0 N–H and O–H groups in total. The molecule has 5 heteroatoms. The van der Waals surface area contributed by atoms with Gasteiger partial charge in [0.05, 0.1) is 0 Å². The predicted octanol–water partition coefficient (Wildman–Crippen LogP) is 7.35. The molecule has 6 rings (SSSR count). The van der Waals surface area contributed by atoms with Crippen molar-refractivity contribution in [1.29, 1.82) is 0 Å². The molecule has 5 aromatic rings. The van der Waals surface area contributed by atoms with Crippen molar-refractivity contribution in [1.82, 2.24) is 15.0 Å². The molecule has 32 heavy (non-hydrogen) atoms. The maximum atomic E-state index is 6.30. The van der Waals surface area contributed by atoms with E-state index < -0.39 is 0 Å². The summed E-state index contributed by atoms with van der Waals surface area (Å²) in [6.45, 7) is 0. The molecule has 0 aliphatic heterocycles. The van der Waals surface area contributed by atoms with Gasteiger partial charge in [-0.2, -0.15) is 9.97 Å². The van der Waals surface area contributed by atoms with Crippen LogP contribution in [0, 0.1) is 0 Å². The van der Waals surface area contributed by atoms with E-state index in [4.69, 9.17) is 21.0 Å². The third-order valence-electron chi connectivity index (χ3n) is 5.83. The van der Waals surface area contributed by atoms with Gasteiger partial charge in [-0.15, -0.1) is 0 Å². The van der Waals surface area contributed by atoms with Crippen LogP contribution in [-0.2, 0) is 0 Å². The van der Waals surface area contributed by atoms with E-state index in [1.54, 1.807) is 0 Å². The molecule has 0 bridgehead atoms. The summed E-state index contributed by atoms with van der Waals surface area (Å²) in [5.41, 5.74) is 6.12. The summed E-state index contributed by atoms with van der Waals surface area (Å²) in [6, 6.07) is 24.5. The average molecular weight is 436 g/mol. The smallest absolute Gasteiger partial charge is 0.226 e. The van der Waals surface area contributed by atoms with Gasteiger partial charge in [0.2, 0.25) is 5.28 Å². The summed E-state index contributed by atoms with van der Waals surface area (Å²) in [5.74, 6) is 1.16. The third kappa shape index (κ3) is 3.39. The van der Waals surface area contributed by atoms with Crippen LogP contribution in [0.2, 0.25) is 5.28 Å². The molecule has 0 saturated carbocycles. The van der Waals surface area contributed by atoms with Gasteiger partial charge in [-0.3, -0.25) is 0 Å². The number of furan rings is 1. The van der Waals surface area contributed by atoms with E-state index in [9.17, 15) is 0 Å². The molecule has 2 aromatic heterocycles. The third-order valence-corrected chi connectivity index (χ3v) is 6.00. The predicted molar refractivity (Wildman–Crippen MR) is 129 cm³/mol. The number of fused-ring (bicyclic) bond motifs is 3. The van der Waals surface area contributed by atoms with Gasteiger partial charge in [0.25, 0.3) is 0 Å². The molecule has 1 aliphatic carbocycles. The van der Waals surface area contributed by atoms with E-state index in [0.29, 0.717) is 11.6 Å². The van der Waals surface area contributed by atoms with E-state index >= 15 is 0 Å². The second-order valence-electron chi connectivity index (χ2n) is 7.81. The summed E-state index contributed by atoms with van der Waals surface area (Å²) < 4.78 is 6.02. The van der Waals surface area contributed by atoms with Gasteiger partial charge in [0.15, 0.2) is 11.6 Å². The Labute approximate surface area is 189 Å². The van der Waals surface area contributed by atoms with Crippen molar-refractivity contribution in [2.24, 2.45) is 0 Å². The maximum absolute atomic E-state index is 6.30. The monoisotopic (exact) mass is 435 g/mol. The molecular weight excluding hydrogens is 418 g/mol. The van der Waals surface area contributed by atoms with Crippen molar-refractivity contribution in [2.75, 3.05) is 0 Å². The standard InChI is InChI=1S/C27H18ClN3O/c28-27-30-25(19-12-10-18(11-13-19)17-6-2-1-3-7-17)29-26(31-27)20-14-15-22-21-8-4-5-9-23(21)32-24(22)16-20/h1-10,12,14-16H,11,13H2. The summed E-state index contributed by atoms with van der Waals surface area (Å²) in [6.07, 6.45) is 6.01. The van der Waals surface area contributed by atoms with Crippen LogP contribution in [0.4, 0.5) is 0 Å². The molecule has 0 radical (unpaired) electrons. The summed E-state index contributed by atoms with van der Waals surface area (Å²) in [4.78, 5) is 13.5. The van der Waals surface area contributed by atoms with Crippen LogP contribution in [-0.4, -0.2) is 15.0 Å². The lowest BCUT2D eigenvalue weighted by atomic mass is 9.93. The molecule has 0 fully saturated rings. The van der Waals surface area contributed by atoms with Crippen LogP contribution < -0.4 is 0 Å². The van der Waals surface area contributed by atoms with Gasteiger partial charge >= 0.3 is 0 Å². The van der Waals surface area contributed by atoms with Crippen molar-refractivity contribution >= 4 is 44.7 Å². The van der Waals surface area contributed by atoms with Crippen LogP contribution >= 0.6 is 11.6 Å². The molecule has 4 nitrogen and oxygen atoms in total. The van der Waals surface area contributed by atoms with E-state index in [-0.39, 0.29) is 5.28 Å². The zero-order valence-electron chi connectivity index (χ0n) is 17.1. The molecule has 0 amide bonds. The van der Waals surface area contributed by atoms with Crippen molar-refractivity contribution < 1.29 is 4.42 Å². The first-order valence-corrected chi connectivity index (χ1v) is 10.9. The number of benzene rings is 3. The van der Waals surface area contributed by atoms with Crippen LogP contribution in [0.25, 0.3) is 44.5 Å². The zero-order chi connectivity index (χ0) is 21.5. The topological polar surface area (TPSA) is 51.8 Å². The number of aromatic nitrogens is 3. The number of allylic oxidation sites excluding steroid dienone is 4. The fourth-order valence-corrected chi connectivity index (χ4v) is 4.36. The largest absolute Gasteiger partial charge is 0.456 e. The van der Waals surface area contributed by atoms with Gasteiger partial charge < -0.3 is 4.42 Å². The van der Waals surface area contributed by atoms with Crippen molar-refractivity contribution in [2.45, 2.75) is 12.8 Å². The molecule has 2 heterocycles. The minimum absolute atomic E-state index is 0.188. The Morgan fingerprint density at radius 1 is 0.625 bits per heavy atom. The van der Waals surface area contributed by atoms with Crippen LogP contribution in [0.15, 0.2) is 89.4 Å². The van der Waals surface area contributed by atoms with Gasteiger partial charge in [-0.25, -0.2) is 4.98 Å². The second kappa shape index (κ2) is 7.74. The lowest BCUT2D eigenvalue weighted by Gasteiger charge is -2.14.